The van der Waals surface area contributed by atoms with Crippen LogP contribution in [0.5, 0.6) is 0 Å². The number of rotatable bonds is 6. The topological polar surface area (TPSA) is 66.8 Å². The Morgan fingerprint density at radius 2 is 1.97 bits per heavy atom. The fourth-order valence-corrected chi connectivity index (χ4v) is 5.15. The molecule has 0 saturated carbocycles. The maximum Gasteiger partial charge on any atom is 0.222 e. The Hall–Kier alpha value is -2.73. The molecule has 1 atom stereocenters. The summed E-state index contributed by atoms with van der Waals surface area (Å²) in [6, 6.07) is 13.0. The van der Waals surface area contributed by atoms with Gasteiger partial charge in [-0.05, 0) is 49.3 Å². The molecule has 1 aromatic carbocycles. The van der Waals surface area contributed by atoms with Gasteiger partial charge >= 0.3 is 0 Å². The number of anilines is 1. The fraction of sp³-hybridized carbons (Fsp3) is 0.500. The van der Waals surface area contributed by atoms with Crippen LogP contribution >= 0.6 is 0 Å². The van der Waals surface area contributed by atoms with Crippen molar-refractivity contribution < 1.29 is 9.53 Å². The summed E-state index contributed by atoms with van der Waals surface area (Å²) in [6.07, 6.45) is 7.25. The minimum atomic E-state index is 0.240. The molecule has 3 aliphatic heterocycles. The smallest absolute Gasteiger partial charge is 0.222 e. The molecule has 1 amide bonds. The second-order valence-corrected chi connectivity index (χ2v) is 9.08. The van der Waals surface area contributed by atoms with E-state index in [1.807, 2.05) is 6.20 Å². The minimum Gasteiger partial charge on any atom is -0.381 e. The first-order valence-electron chi connectivity index (χ1n) is 12.0. The molecule has 5 rings (SSSR count). The van der Waals surface area contributed by atoms with Crippen molar-refractivity contribution in [3.63, 3.8) is 0 Å². The summed E-state index contributed by atoms with van der Waals surface area (Å²) >= 11 is 0. The van der Waals surface area contributed by atoms with Crippen molar-refractivity contribution in [2.24, 2.45) is 4.99 Å². The Bertz CT molecular complexity index is 969. The Morgan fingerprint density at radius 3 is 2.81 bits per heavy atom. The van der Waals surface area contributed by atoms with Crippen LogP contribution in [0.2, 0.25) is 0 Å². The summed E-state index contributed by atoms with van der Waals surface area (Å²) in [5.41, 5.74) is 4.69. The van der Waals surface area contributed by atoms with Gasteiger partial charge in [-0.2, -0.15) is 0 Å². The maximum atomic E-state index is 13.1. The van der Waals surface area contributed by atoms with Crippen LogP contribution in [0.3, 0.4) is 0 Å². The number of carbonyl (C=O) groups is 1. The third-order valence-corrected chi connectivity index (χ3v) is 6.95. The average Bonchev–Trinajstić information content (AvgIpc) is 3.28. The molecule has 2 saturated heterocycles. The van der Waals surface area contributed by atoms with Crippen molar-refractivity contribution in [3.8, 4) is 0 Å². The van der Waals surface area contributed by atoms with E-state index in [1.54, 1.807) is 0 Å². The number of piperidine rings is 1. The molecule has 0 bridgehead atoms. The highest BCUT2D eigenvalue weighted by atomic mass is 16.5. The SMILES string of the molecule is O=C(CCC1=NCc2ccnc(NC3CCOCC3)c21)N1CCC[C@H](c2ccccc2)C1. The summed E-state index contributed by atoms with van der Waals surface area (Å²) in [4.78, 5) is 24.5. The quantitative estimate of drug-likeness (QED) is 0.744. The number of pyridine rings is 1. The van der Waals surface area contributed by atoms with Gasteiger partial charge in [-0.3, -0.25) is 9.79 Å². The monoisotopic (exact) mass is 432 g/mol. The van der Waals surface area contributed by atoms with E-state index in [1.165, 1.54) is 11.1 Å². The molecule has 0 radical (unpaired) electrons. The first-order chi connectivity index (χ1) is 15.8. The van der Waals surface area contributed by atoms with Crippen LogP contribution in [0.15, 0.2) is 47.6 Å². The van der Waals surface area contributed by atoms with Gasteiger partial charge in [0, 0.05) is 62.2 Å². The second-order valence-electron chi connectivity index (χ2n) is 9.08. The lowest BCUT2D eigenvalue weighted by Gasteiger charge is -2.33. The van der Waals surface area contributed by atoms with Gasteiger partial charge < -0.3 is 15.0 Å². The number of likely N-dealkylation sites (tertiary alicyclic amines) is 1. The van der Waals surface area contributed by atoms with Gasteiger partial charge in [0.15, 0.2) is 0 Å². The minimum absolute atomic E-state index is 0.240. The first kappa shape index (κ1) is 21.1. The van der Waals surface area contributed by atoms with Crippen molar-refractivity contribution in [1.29, 1.82) is 0 Å². The Balaban J connectivity index is 1.21. The van der Waals surface area contributed by atoms with Gasteiger partial charge in [-0.25, -0.2) is 4.98 Å². The van der Waals surface area contributed by atoms with Crippen molar-refractivity contribution in [2.45, 2.75) is 57.0 Å². The summed E-state index contributed by atoms with van der Waals surface area (Å²) in [7, 11) is 0. The van der Waals surface area contributed by atoms with Crippen LogP contribution < -0.4 is 5.32 Å². The molecule has 2 fully saturated rings. The number of ether oxygens (including phenoxy) is 1. The maximum absolute atomic E-state index is 13.1. The Labute approximate surface area is 190 Å². The molecule has 168 valence electrons. The van der Waals surface area contributed by atoms with E-state index < -0.39 is 0 Å². The van der Waals surface area contributed by atoms with Gasteiger partial charge in [0.2, 0.25) is 5.91 Å². The van der Waals surface area contributed by atoms with Crippen LogP contribution in [0.4, 0.5) is 5.82 Å². The summed E-state index contributed by atoms with van der Waals surface area (Å²) in [6.45, 7) is 3.96. The van der Waals surface area contributed by atoms with Gasteiger partial charge in [-0.1, -0.05) is 30.3 Å². The van der Waals surface area contributed by atoms with Gasteiger partial charge in [-0.15, -0.1) is 0 Å². The summed E-state index contributed by atoms with van der Waals surface area (Å²) < 4.78 is 5.48. The lowest BCUT2D eigenvalue weighted by molar-refractivity contribution is -0.132. The molecule has 0 aliphatic carbocycles. The number of hydrogen-bond acceptors (Lipinski definition) is 5. The highest BCUT2D eigenvalue weighted by Gasteiger charge is 2.27. The number of fused-ring (bicyclic) bond motifs is 1. The Kier molecular flexibility index (Phi) is 6.49. The highest BCUT2D eigenvalue weighted by molar-refractivity contribution is 6.08. The molecule has 0 unspecified atom stereocenters. The van der Waals surface area contributed by atoms with Crippen LogP contribution in [0.25, 0.3) is 0 Å². The molecule has 4 heterocycles. The lowest BCUT2D eigenvalue weighted by Crippen LogP contribution is -2.39. The van der Waals surface area contributed by atoms with E-state index in [9.17, 15) is 4.79 Å². The normalized spacial score (nSPS) is 21.2. The van der Waals surface area contributed by atoms with E-state index in [0.717, 1.165) is 69.1 Å². The molecular formula is C26H32N4O2. The van der Waals surface area contributed by atoms with Crippen molar-refractivity contribution in [3.05, 3.63) is 59.3 Å². The number of aliphatic imine (C=N–C) groups is 1. The van der Waals surface area contributed by atoms with E-state index in [0.29, 0.717) is 31.3 Å². The van der Waals surface area contributed by atoms with E-state index >= 15 is 0 Å². The highest BCUT2D eigenvalue weighted by Crippen LogP contribution is 2.30. The van der Waals surface area contributed by atoms with E-state index in [-0.39, 0.29) is 5.91 Å². The number of benzene rings is 1. The molecule has 1 N–H and O–H groups in total. The third kappa shape index (κ3) is 4.70. The fourth-order valence-electron chi connectivity index (χ4n) is 5.15. The van der Waals surface area contributed by atoms with Crippen molar-refractivity contribution in [2.75, 3.05) is 31.6 Å². The van der Waals surface area contributed by atoms with Crippen molar-refractivity contribution in [1.82, 2.24) is 9.88 Å². The van der Waals surface area contributed by atoms with E-state index in [4.69, 9.17) is 9.73 Å². The standard InChI is InChI=1S/C26H32N4O2/c31-24(30-14-4-7-21(18-30)19-5-2-1-3-6-19)9-8-23-25-20(17-28-23)10-13-27-26(25)29-22-11-15-32-16-12-22/h1-3,5-6,10,13,21-22H,4,7-9,11-12,14-18H2,(H,27,29)/t21-/m0/s1. The summed E-state index contributed by atoms with van der Waals surface area (Å²) in [5.74, 6) is 1.60. The van der Waals surface area contributed by atoms with Gasteiger partial charge in [0.05, 0.1) is 6.54 Å². The number of carbonyl (C=O) groups excluding carboxylic acids is 1. The molecule has 3 aliphatic rings. The molecular weight excluding hydrogens is 400 g/mol. The Morgan fingerprint density at radius 1 is 1.12 bits per heavy atom. The van der Waals surface area contributed by atoms with Crippen LogP contribution in [0.1, 0.15) is 61.1 Å². The lowest BCUT2D eigenvalue weighted by atomic mass is 9.90. The predicted molar refractivity (Wildman–Crippen MR) is 126 cm³/mol. The number of nitrogens with one attached hydrogen (secondary N) is 1. The second kappa shape index (κ2) is 9.82. The number of aromatic nitrogens is 1. The zero-order valence-electron chi connectivity index (χ0n) is 18.6. The van der Waals surface area contributed by atoms with Gasteiger partial charge in [0.25, 0.3) is 0 Å². The van der Waals surface area contributed by atoms with Crippen LogP contribution in [-0.2, 0) is 16.1 Å². The summed E-state index contributed by atoms with van der Waals surface area (Å²) in [5, 5.41) is 3.62. The molecule has 2 aromatic rings. The van der Waals surface area contributed by atoms with Crippen molar-refractivity contribution >= 4 is 17.4 Å². The predicted octanol–water partition coefficient (Wildman–Crippen LogP) is 4.16. The number of amides is 1. The van der Waals surface area contributed by atoms with Crippen LogP contribution in [-0.4, -0.2) is 53.8 Å². The zero-order chi connectivity index (χ0) is 21.8. The zero-order valence-corrected chi connectivity index (χ0v) is 18.6. The third-order valence-electron chi connectivity index (χ3n) is 6.95. The van der Waals surface area contributed by atoms with Crippen LogP contribution in [0, 0.1) is 0 Å². The molecule has 6 nitrogen and oxygen atoms in total. The van der Waals surface area contributed by atoms with E-state index in [2.05, 4.69) is 51.6 Å². The first-order valence-corrected chi connectivity index (χ1v) is 12.0. The average molecular weight is 433 g/mol. The number of hydrogen-bond donors (Lipinski definition) is 1. The molecule has 0 spiro atoms. The largest absolute Gasteiger partial charge is 0.381 e. The molecule has 1 aromatic heterocycles. The van der Waals surface area contributed by atoms with Gasteiger partial charge in [0.1, 0.15) is 5.82 Å². The molecule has 32 heavy (non-hydrogen) atoms. The number of nitrogens with zero attached hydrogens (tertiary/aromatic N) is 3. The molecule has 6 heteroatoms.